The first-order chi connectivity index (χ1) is 15.7. The molecule has 0 fully saturated rings. The second-order valence-electron chi connectivity index (χ2n) is 7.90. The lowest BCUT2D eigenvalue weighted by Gasteiger charge is -2.20. The molecule has 178 valence electrons. The van der Waals surface area contributed by atoms with Crippen molar-refractivity contribution in [3.63, 3.8) is 0 Å². The molecule has 0 aliphatic carbocycles. The summed E-state index contributed by atoms with van der Waals surface area (Å²) in [6, 6.07) is 12.7. The minimum atomic E-state index is -3.79. The summed E-state index contributed by atoms with van der Waals surface area (Å²) in [6.07, 6.45) is 1.40. The topological polar surface area (TPSA) is 82.1 Å². The van der Waals surface area contributed by atoms with Crippen LogP contribution in [0.2, 0.25) is 10.0 Å². The Hall–Kier alpha value is -2.13. The number of likely N-dealkylation sites (N-methyl/N-ethyl adjacent to an activating group) is 1. The van der Waals surface area contributed by atoms with Gasteiger partial charge in [0.05, 0.1) is 16.6 Å². The number of nitrogens with one attached hydrogen (secondary N) is 1. The quantitative estimate of drug-likeness (QED) is 0.530. The number of carbonyl (C=O) groups is 1. The van der Waals surface area contributed by atoms with Gasteiger partial charge in [-0.05, 0) is 30.5 Å². The highest BCUT2D eigenvalue weighted by Gasteiger charge is 2.24. The maximum atomic E-state index is 12.8. The number of hydrogen-bond acceptors (Lipinski definition) is 5. The molecular weight excluding hydrogens is 483 g/mol. The van der Waals surface area contributed by atoms with Crippen molar-refractivity contribution in [2.45, 2.75) is 24.2 Å². The molecule has 1 amide bonds. The third kappa shape index (κ3) is 6.47. The number of rotatable bonds is 10. The van der Waals surface area contributed by atoms with Crippen molar-refractivity contribution in [3.8, 4) is 0 Å². The van der Waals surface area contributed by atoms with Gasteiger partial charge in [0.2, 0.25) is 15.9 Å². The molecule has 3 rings (SSSR count). The molecule has 1 heterocycles. The van der Waals surface area contributed by atoms with Gasteiger partial charge in [0, 0.05) is 45.7 Å². The molecule has 0 atom stereocenters. The van der Waals surface area contributed by atoms with Crippen molar-refractivity contribution in [2.24, 2.45) is 4.99 Å². The zero-order chi connectivity index (χ0) is 24.0. The SMILES string of the molecule is CN(CCc1ccc(C2=NCCN2)cc1)C(=O)CCCN(C)S(=O)(=O)c1cccc(Cl)c1Cl. The van der Waals surface area contributed by atoms with Crippen molar-refractivity contribution in [1.29, 1.82) is 0 Å². The molecule has 1 N–H and O–H groups in total. The van der Waals surface area contributed by atoms with Crippen LogP contribution in [0.15, 0.2) is 52.4 Å². The third-order valence-corrected chi connectivity index (χ3v) is 8.36. The van der Waals surface area contributed by atoms with Gasteiger partial charge in [-0.3, -0.25) is 9.79 Å². The number of amidine groups is 1. The molecule has 0 spiro atoms. The molecule has 2 aromatic carbocycles. The lowest BCUT2D eigenvalue weighted by Crippen LogP contribution is -2.31. The molecule has 0 radical (unpaired) electrons. The largest absolute Gasteiger partial charge is 0.368 e. The monoisotopic (exact) mass is 510 g/mol. The molecule has 0 aromatic heterocycles. The second kappa shape index (κ2) is 11.3. The van der Waals surface area contributed by atoms with Crippen molar-refractivity contribution >= 4 is 45.0 Å². The highest BCUT2D eigenvalue weighted by atomic mass is 35.5. The van der Waals surface area contributed by atoms with Crippen LogP contribution in [0.1, 0.15) is 24.0 Å². The number of nitrogens with zero attached hydrogens (tertiary/aromatic N) is 3. The van der Waals surface area contributed by atoms with Crippen LogP contribution in [0, 0.1) is 0 Å². The fourth-order valence-electron chi connectivity index (χ4n) is 3.46. The first-order valence-electron chi connectivity index (χ1n) is 10.7. The van der Waals surface area contributed by atoms with E-state index in [1.807, 2.05) is 12.1 Å². The van der Waals surface area contributed by atoms with E-state index in [0.29, 0.717) is 13.0 Å². The van der Waals surface area contributed by atoms with Gasteiger partial charge in [0.25, 0.3) is 0 Å². The predicted molar refractivity (Wildman–Crippen MR) is 133 cm³/mol. The Kier molecular flexibility index (Phi) is 8.75. The molecular formula is C23H28Cl2N4O3S. The number of hydrogen-bond donors (Lipinski definition) is 1. The van der Waals surface area contributed by atoms with Gasteiger partial charge < -0.3 is 10.2 Å². The van der Waals surface area contributed by atoms with Gasteiger partial charge >= 0.3 is 0 Å². The normalized spacial score (nSPS) is 13.7. The van der Waals surface area contributed by atoms with Gasteiger partial charge in [-0.15, -0.1) is 0 Å². The number of amides is 1. The van der Waals surface area contributed by atoms with Crippen LogP contribution in [0.5, 0.6) is 0 Å². The molecule has 7 nitrogen and oxygen atoms in total. The Bertz CT molecular complexity index is 1120. The van der Waals surface area contributed by atoms with E-state index in [0.717, 1.165) is 36.5 Å². The average molecular weight is 511 g/mol. The van der Waals surface area contributed by atoms with Gasteiger partial charge in [-0.2, -0.15) is 0 Å². The molecule has 0 bridgehead atoms. The zero-order valence-electron chi connectivity index (χ0n) is 18.7. The van der Waals surface area contributed by atoms with E-state index in [2.05, 4.69) is 22.4 Å². The standard InChI is InChI=1S/C23H28Cl2N4O3S/c1-28(16-12-17-8-10-18(11-9-17)23-26-13-14-27-23)21(30)7-4-15-29(2)33(31,32)20-6-3-5-19(24)22(20)25/h3,5-6,8-11H,4,7,12-16H2,1-2H3,(H,26,27). The number of sulfonamides is 1. The Labute approximate surface area is 205 Å². The maximum absolute atomic E-state index is 12.8. The number of halogens is 2. The number of aliphatic imine (C=N–C) groups is 1. The van der Waals surface area contributed by atoms with Gasteiger partial charge in [-0.25, -0.2) is 12.7 Å². The van der Waals surface area contributed by atoms with E-state index < -0.39 is 10.0 Å². The Morgan fingerprint density at radius 2 is 1.82 bits per heavy atom. The van der Waals surface area contributed by atoms with Crippen LogP contribution >= 0.6 is 23.2 Å². The van der Waals surface area contributed by atoms with Crippen LogP contribution in [0.25, 0.3) is 0 Å². The lowest BCUT2D eigenvalue weighted by molar-refractivity contribution is -0.130. The summed E-state index contributed by atoms with van der Waals surface area (Å²) in [7, 11) is -0.554. The Morgan fingerprint density at radius 3 is 2.48 bits per heavy atom. The lowest BCUT2D eigenvalue weighted by atomic mass is 10.1. The van der Waals surface area contributed by atoms with Crippen LogP contribution < -0.4 is 5.32 Å². The van der Waals surface area contributed by atoms with E-state index >= 15 is 0 Å². The highest BCUT2D eigenvalue weighted by molar-refractivity contribution is 7.89. The van der Waals surface area contributed by atoms with Gasteiger partial charge in [0.1, 0.15) is 10.7 Å². The summed E-state index contributed by atoms with van der Waals surface area (Å²) in [5.41, 5.74) is 2.21. The summed E-state index contributed by atoms with van der Waals surface area (Å²) in [6.45, 7) is 2.47. The smallest absolute Gasteiger partial charge is 0.244 e. The molecule has 0 saturated carbocycles. The molecule has 0 unspecified atom stereocenters. The summed E-state index contributed by atoms with van der Waals surface area (Å²) in [4.78, 5) is 18.5. The molecule has 0 saturated heterocycles. The van der Waals surface area contributed by atoms with Crippen molar-refractivity contribution in [3.05, 3.63) is 63.6 Å². The molecule has 10 heteroatoms. The third-order valence-electron chi connectivity index (χ3n) is 5.53. The Balaban J connectivity index is 1.45. The Morgan fingerprint density at radius 1 is 1.09 bits per heavy atom. The summed E-state index contributed by atoms with van der Waals surface area (Å²) >= 11 is 12.0. The van der Waals surface area contributed by atoms with E-state index in [1.54, 1.807) is 18.0 Å². The van der Waals surface area contributed by atoms with Crippen LogP contribution in [0.3, 0.4) is 0 Å². The van der Waals surface area contributed by atoms with Crippen LogP contribution in [-0.2, 0) is 21.2 Å². The number of benzene rings is 2. The van der Waals surface area contributed by atoms with Crippen molar-refractivity contribution < 1.29 is 13.2 Å². The number of carbonyl (C=O) groups excluding carboxylic acids is 1. The average Bonchev–Trinajstić information content (AvgIpc) is 3.34. The van der Waals surface area contributed by atoms with E-state index in [-0.39, 0.29) is 33.8 Å². The van der Waals surface area contributed by atoms with Crippen LogP contribution in [-0.4, -0.2) is 69.6 Å². The van der Waals surface area contributed by atoms with Crippen LogP contribution in [0.4, 0.5) is 0 Å². The molecule has 1 aliphatic rings. The van der Waals surface area contributed by atoms with E-state index in [1.165, 1.54) is 23.5 Å². The van der Waals surface area contributed by atoms with E-state index in [9.17, 15) is 13.2 Å². The van der Waals surface area contributed by atoms with E-state index in [4.69, 9.17) is 23.2 Å². The second-order valence-corrected chi connectivity index (χ2v) is 10.7. The fraction of sp³-hybridized carbons (Fsp3) is 0.391. The summed E-state index contributed by atoms with van der Waals surface area (Å²) in [5, 5.41) is 3.44. The van der Waals surface area contributed by atoms with Crippen molar-refractivity contribution in [2.75, 3.05) is 40.3 Å². The minimum absolute atomic E-state index is 0.00218. The summed E-state index contributed by atoms with van der Waals surface area (Å²) in [5.74, 6) is 0.904. The first kappa shape index (κ1) is 25.5. The highest BCUT2D eigenvalue weighted by Crippen LogP contribution is 2.30. The predicted octanol–water partition coefficient (Wildman–Crippen LogP) is 3.45. The molecule has 33 heavy (non-hydrogen) atoms. The van der Waals surface area contributed by atoms with Gasteiger partial charge in [-0.1, -0.05) is 53.5 Å². The first-order valence-corrected chi connectivity index (χ1v) is 12.9. The molecule has 1 aliphatic heterocycles. The maximum Gasteiger partial charge on any atom is 0.244 e. The zero-order valence-corrected chi connectivity index (χ0v) is 21.1. The van der Waals surface area contributed by atoms with Crippen molar-refractivity contribution in [1.82, 2.24) is 14.5 Å². The molecule has 2 aromatic rings. The van der Waals surface area contributed by atoms with Gasteiger partial charge in [0.15, 0.2) is 0 Å². The minimum Gasteiger partial charge on any atom is -0.368 e. The summed E-state index contributed by atoms with van der Waals surface area (Å²) < 4.78 is 26.7. The fourth-order valence-corrected chi connectivity index (χ4v) is 5.40.